The highest BCUT2D eigenvalue weighted by Gasteiger charge is 2.31. The molecule has 3 N–H and O–H groups in total. The third kappa shape index (κ3) is 82.1. The summed E-state index contributed by atoms with van der Waals surface area (Å²) < 4.78 is 69.0. The van der Waals surface area contributed by atoms with Crippen molar-refractivity contribution in [3.8, 4) is 0 Å². The van der Waals surface area contributed by atoms with E-state index >= 15 is 0 Å². The highest BCUT2D eigenvalue weighted by atomic mass is 31.2. The third-order valence-corrected chi connectivity index (χ3v) is 22.8. The van der Waals surface area contributed by atoms with Crippen molar-refractivity contribution in [1.82, 2.24) is 0 Å². The van der Waals surface area contributed by atoms with Crippen LogP contribution in [0.4, 0.5) is 0 Å². The fourth-order valence-electron chi connectivity index (χ4n) is 13.9. The fourth-order valence-corrected chi connectivity index (χ4v) is 15.5. The van der Waals surface area contributed by atoms with E-state index in [0.29, 0.717) is 25.7 Å². The summed E-state index contributed by atoms with van der Waals surface area (Å²) in [6.07, 6.45) is 70.8. The molecule has 0 spiro atoms. The van der Waals surface area contributed by atoms with Gasteiger partial charge in [0.2, 0.25) is 0 Å². The number of phosphoric ester groups is 2. The number of phosphoric acid groups is 2. The molecular weight excluding hydrogens is 1400 g/mol. The minimum Gasteiger partial charge on any atom is -0.462 e. The van der Waals surface area contributed by atoms with Gasteiger partial charge in [-0.05, 0) is 43.4 Å². The normalized spacial score (nSPS) is 13.8. The van der Waals surface area contributed by atoms with Crippen LogP contribution in [0.2, 0.25) is 0 Å². The van der Waals surface area contributed by atoms with Gasteiger partial charge in [-0.1, -0.05) is 421 Å². The first kappa shape index (κ1) is 106. The zero-order valence-electron chi connectivity index (χ0n) is 71.3. The molecule has 19 heteroatoms. The van der Waals surface area contributed by atoms with Gasteiger partial charge in [-0.25, -0.2) is 9.13 Å². The molecule has 0 saturated heterocycles. The van der Waals surface area contributed by atoms with Crippen molar-refractivity contribution in [1.29, 1.82) is 0 Å². The molecule has 108 heavy (non-hydrogen) atoms. The summed E-state index contributed by atoms with van der Waals surface area (Å²) in [5, 5.41) is 10.7. The van der Waals surface area contributed by atoms with Crippen LogP contribution in [0.15, 0.2) is 0 Å². The maximum atomic E-state index is 13.2. The molecule has 0 rings (SSSR count). The Morgan fingerprint density at radius 3 is 0.630 bits per heavy atom. The van der Waals surface area contributed by atoms with Gasteiger partial charge in [0.1, 0.15) is 19.3 Å². The van der Waals surface area contributed by atoms with E-state index in [9.17, 15) is 43.2 Å². The minimum absolute atomic E-state index is 0.107. The summed E-state index contributed by atoms with van der Waals surface area (Å²) in [5.74, 6) is 0.251. The molecule has 17 nitrogen and oxygen atoms in total. The molecule has 642 valence electrons. The maximum Gasteiger partial charge on any atom is 0.472 e. The quantitative estimate of drug-likeness (QED) is 0.0222. The lowest BCUT2D eigenvalue weighted by Gasteiger charge is -2.21. The number of aliphatic hydroxyl groups is 1. The van der Waals surface area contributed by atoms with E-state index < -0.39 is 97.5 Å². The van der Waals surface area contributed by atoms with Crippen LogP contribution in [-0.2, 0) is 65.4 Å². The van der Waals surface area contributed by atoms with E-state index in [1.54, 1.807) is 0 Å². The first-order valence-electron chi connectivity index (χ1n) is 45.8. The van der Waals surface area contributed by atoms with E-state index in [1.165, 1.54) is 283 Å². The van der Waals surface area contributed by atoms with Crippen molar-refractivity contribution in [3.05, 3.63) is 0 Å². The smallest absolute Gasteiger partial charge is 0.462 e. The molecule has 0 saturated carbocycles. The second-order valence-corrected chi connectivity index (χ2v) is 36.3. The zero-order chi connectivity index (χ0) is 79.3. The van der Waals surface area contributed by atoms with Crippen LogP contribution in [0.25, 0.3) is 0 Å². The lowest BCUT2D eigenvalue weighted by atomic mass is 10.0. The molecule has 0 aliphatic heterocycles. The highest BCUT2D eigenvalue weighted by molar-refractivity contribution is 7.47. The summed E-state index contributed by atoms with van der Waals surface area (Å²) >= 11 is 0. The minimum atomic E-state index is -4.97. The van der Waals surface area contributed by atoms with E-state index in [0.717, 1.165) is 108 Å². The number of ether oxygens (including phenoxy) is 4. The molecule has 0 aromatic carbocycles. The lowest BCUT2D eigenvalue weighted by Crippen LogP contribution is -2.30. The number of rotatable bonds is 87. The van der Waals surface area contributed by atoms with Crippen LogP contribution < -0.4 is 0 Å². The van der Waals surface area contributed by atoms with Crippen molar-refractivity contribution in [3.63, 3.8) is 0 Å². The van der Waals surface area contributed by atoms with Crippen LogP contribution >= 0.6 is 15.6 Å². The SMILES string of the molecule is CCCCCCCCCCCCCCCCCCCCCCC(=O)O[C@H](COC(=O)CCCCCCCCCCCCCCCCCCC(C)C)COP(=O)(O)OC[C@@H](O)COP(=O)(O)OC[C@@H](COC(=O)CCCCCCCCCCCC(C)C)OC(=O)CCCCCCCCCCCCCCCCC(C)C. The molecule has 0 amide bonds. The molecule has 0 heterocycles. The molecule has 0 aliphatic carbocycles. The number of hydrogen-bond donors (Lipinski definition) is 3. The van der Waals surface area contributed by atoms with E-state index in [2.05, 4.69) is 48.5 Å². The number of carbonyl (C=O) groups excluding carboxylic acids is 4. The Kier molecular flexibility index (Phi) is 77.5. The summed E-state index contributed by atoms with van der Waals surface area (Å²) in [6, 6.07) is 0. The average Bonchev–Trinajstić information content (AvgIpc) is 0.900. The molecular formula is C89H174O17P2. The first-order chi connectivity index (χ1) is 52.2. The molecule has 0 aromatic heterocycles. The molecule has 0 radical (unpaired) electrons. The Bertz CT molecular complexity index is 2080. The van der Waals surface area contributed by atoms with Gasteiger partial charge in [-0.2, -0.15) is 0 Å². The third-order valence-electron chi connectivity index (χ3n) is 20.9. The number of hydrogen-bond acceptors (Lipinski definition) is 15. The van der Waals surface area contributed by atoms with Crippen LogP contribution in [0.3, 0.4) is 0 Å². The summed E-state index contributed by atoms with van der Waals surface area (Å²) in [4.78, 5) is 73.4. The fraction of sp³-hybridized carbons (Fsp3) is 0.955. The molecule has 0 bridgehead atoms. The van der Waals surface area contributed by atoms with Crippen molar-refractivity contribution >= 4 is 39.5 Å². The van der Waals surface area contributed by atoms with E-state index in [4.69, 9.17) is 37.0 Å². The van der Waals surface area contributed by atoms with Crippen LogP contribution in [-0.4, -0.2) is 96.7 Å². The van der Waals surface area contributed by atoms with Crippen molar-refractivity contribution in [2.45, 2.75) is 491 Å². The second-order valence-electron chi connectivity index (χ2n) is 33.4. The first-order valence-corrected chi connectivity index (χ1v) is 48.8. The molecule has 0 aliphatic rings. The van der Waals surface area contributed by atoms with Gasteiger partial charge in [-0.3, -0.25) is 37.3 Å². The van der Waals surface area contributed by atoms with E-state index in [1.807, 2.05) is 0 Å². The van der Waals surface area contributed by atoms with Crippen LogP contribution in [0, 0.1) is 17.8 Å². The van der Waals surface area contributed by atoms with Crippen LogP contribution in [0.5, 0.6) is 0 Å². The predicted molar refractivity (Wildman–Crippen MR) is 446 cm³/mol. The molecule has 2 unspecified atom stereocenters. The Morgan fingerprint density at radius 2 is 0.426 bits per heavy atom. The topological polar surface area (TPSA) is 237 Å². The highest BCUT2D eigenvalue weighted by Crippen LogP contribution is 2.45. The summed E-state index contributed by atoms with van der Waals surface area (Å²) in [5.41, 5.74) is 0. The van der Waals surface area contributed by atoms with Gasteiger partial charge >= 0.3 is 39.5 Å². The summed E-state index contributed by atoms with van der Waals surface area (Å²) in [6.45, 7) is 12.0. The van der Waals surface area contributed by atoms with Crippen molar-refractivity contribution in [2.24, 2.45) is 17.8 Å². The van der Waals surface area contributed by atoms with Gasteiger partial charge in [0.15, 0.2) is 12.2 Å². The standard InChI is InChI=1S/C89H174O17P2/c1-8-9-10-11-12-13-14-15-16-17-18-19-20-25-31-36-43-51-58-65-72-88(93)105-84(76-99-86(91)70-63-56-49-42-35-30-24-22-21-23-28-33-39-46-53-60-67-80(2)3)78-103-107(95,96)101-74-83(90)75-102-108(97,98)104-79-85(77-100-87(92)71-64-57-50-45-38-41-48-55-62-69-82(6)7)106-89(94)73-66-59-52-44-37-32-27-26-29-34-40-47-54-61-68-81(4)5/h80-85,90H,8-79H2,1-7H3,(H,95,96)(H,97,98)/t83-,84-,85-/m1/s1. The van der Waals surface area contributed by atoms with Gasteiger partial charge < -0.3 is 33.8 Å². The van der Waals surface area contributed by atoms with Gasteiger partial charge in [-0.15, -0.1) is 0 Å². The van der Waals surface area contributed by atoms with Gasteiger partial charge in [0.25, 0.3) is 0 Å². The molecule has 0 aromatic rings. The largest absolute Gasteiger partial charge is 0.472 e. The van der Waals surface area contributed by atoms with Gasteiger partial charge in [0, 0.05) is 25.7 Å². The Hall–Kier alpha value is -1.94. The second kappa shape index (κ2) is 78.9. The zero-order valence-corrected chi connectivity index (χ0v) is 73.1. The number of esters is 4. The molecule has 5 atom stereocenters. The van der Waals surface area contributed by atoms with Crippen LogP contribution in [0.1, 0.15) is 472 Å². The Labute approximate surface area is 664 Å². The number of aliphatic hydroxyl groups excluding tert-OH is 1. The monoisotopic (exact) mass is 1580 g/mol. The van der Waals surface area contributed by atoms with E-state index in [-0.39, 0.29) is 25.7 Å². The predicted octanol–water partition coefficient (Wildman–Crippen LogP) is 27.3. The van der Waals surface area contributed by atoms with Gasteiger partial charge in [0.05, 0.1) is 26.4 Å². The molecule has 0 fully saturated rings. The lowest BCUT2D eigenvalue weighted by molar-refractivity contribution is -0.161. The van der Waals surface area contributed by atoms with Crippen molar-refractivity contribution < 1.29 is 80.2 Å². The Balaban J connectivity index is 5.26. The number of unbranched alkanes of at least 4 members (excludes halogenated alkanes) is 55. The van der Waals surface area contributed by atoms with Crippen molar-refractivity contribution in [2.75, 3.05) is 39.6 Å². The Morgan fingerprint density at radius 1 is 0.250 bits per heavy atom. The number of carbonyl (C=O) groups is 4. The summed E-state index contributed by atoms with van der Waals surface area (Å²) in [7, 11) is -9.93. The average molecular weight is 1580 g/mol. The maximum absolute atomic E-state index is 13.2.